The number of hydrogen-bond donors (Lipinski definition) is 1. The number of amides is 1. The molecule has 6 nitrogen and oxygen atoms in total. The fraction of sp³-hybridized carbons (Fsp3) is 0.133. The maximum Gasteiger partial charge on any atom is 0.234 e. The predicted octanol–water partition coefficient (Wildman–Crippen LogP) is 3.19. The summed E-state index contributed by atoms with van der Waals surface area (Å²) in [6.45, 7) is 1.95. The first-order chi connectivity index (χ1) is 11.1. The van der Waals surface area contributed by atoms with Gasteiger partial charge in [-0.2, -0.15) is 0 Å². The molecule has 0 aliphatic rings. The highest BCUT2D eigenvalue weighted by atomic mass is 79.9. The molecule has 2 heterocycles. The van der Waals surface area contributed by atoms with Crippen LogP contribution in [0.15, 0.2) is 58.7 Å². The largest absolute Gasteiger partial charge is 0.325 e. The summed E-state index contributed by atoms with van der Waals surface area (Å²) in [5, 5.41) is 11.5. The van der Waals surface area contributed by atoms with E-state index in [4.69, 9.17) is 0 Å². The van der Waals surface area contributed by atoms with Gasteiger partial charge >= 0.3 is 0 Å². The van der Waals surface area contributed by atoms with Crippen molar-refractivity contribution in [3.63, 3.8) is 0 Å². The fourth-order valence-corrected chi connectivity index (χ4v) is 3.21. The van der Waals surface area contributed by atoms with Crippen LogP contribution in [0.25, 0.3) is 0 Å². The maximum absolute atomic E-state index is 12.1. The zero-order valence-electron chi connectivity index (χ0n) is 12.3. The Morgan fingerprint density at radius 2 is 2.13 bits per heavy atom. The number of carbonyl (C=O) groups excluding carboxylic acids is 1. The molecule has 8 heteroatoms. The van der Waals surface area contributed by atoms with E-state index >= 15 is 0 Å². The summed E-state index contributed by atoms with van der Waals surface area (Å²) in [4.78, 5) is 12.1. The van der Waals surface area contributed by atoms with Gasteiger partial charge in [0.25, 0.3) is 0 Å². The molecule has 0 unspecified atom stereocenters. The van der Waals surface area contributed by atoms with E-state index in [-0.39, 0.29) is 11.7 Å². The van der Waals surface area contributed by atoms with Gasteiger partial charge in [0.05, 0.1) is 5.75 Å². The summed E-state index contributed by atoms with van der Waals surface area (Å²) in [6.07, 6.45) is 5.39. The van der Waals surface area contributed by atoms with Gasteiger partial charge in [0.2, 0.25) is 11.1 Å². The van der Waals surface area contributed by atoms with Crippen LogP contribution in [0.3, 0.4) is 0 Å². The van der Waals surface area contributed by atoms with E-state index < -0.39 is 0 Å². The lowest BCUT2D eigenvalue weighted by Crippen LogP contribution is -2.16. The molecular formula is C15H14BrN5OS. The van der Waals surface area contributed by atoms with Gasteiger partial charge in [-0.3, -0.25) is 9.47 Å². The summed E-state index contributed by atoms with van der Waals surface area (Å²) >= 11 is 4.74. The molecule has 0 aliphatic carbocycles. The molecule has 0 saturated carbocycles. The molecule has 0 spiro atoms. The third-order valence-electron chi connectivity index (χ3n) is 3.13. The molecule has 2 aromatic heterocycles. The Balaban J connectivity index is 1.63. The van der Waals surface area contributed by atoms with Gasteiger partial charge in [-0.25, -0.2) is 4.68 Å². The van der Waals surface area contributed by atoms with Crippen molar-refractivity contribution in [2.45, 2.75) is 12.1 Å². The minimum atomic E-state index is -0.0810. The molecule has 0 fully saturated rings. The van der Waals surface area contributed by atoms with Crippen LogP contribution in [0.2, 0.25) is 0 Å². The third kappa shape index (κ3) is 3.83. The first-order valence-corrected chi connectivity index (χ1v) is 8.64. The van der Waals surface area contributed by atoms with Crippen LogP contribution in [-0.4, -0.2) is 31.2 Å². The van der Waals surface area contributed by atoms with E-state index in [9.17, 15) is 4.79 Å². The number of anilines is 1. The molecule has 23 heavy (non-hydrogen) atoms. The topological polar surface area (TPSA) is 64.7 Å². The number of halogens is 1. The molecule has 118 valence electrons. The SMILES string of the molecule is Cc1cc(Br)ccc1NC(=O)CSc1nncn1-n1cccc1. The number of thioether (sulfide) groups is 1. The quantitative estimate of drug-likeness (QED) is 0.678. The summed E-state index contributed by atoms with van der Waals surface area (Å²) in [5.41, 5.74) is 1.82. The number of aromatic nitrogens is 4. The molecule has 0 saturated heterocycles. The Morgan fingerprint density at radius 3 is 2.87 bits per heavy atom. The van der Waals surface area contributed by atoms with Crippen LogP contribution < -0.4 is 5.32 Å². The number of hydrogen-bond acceptors (Lipinski definition) is 4. The number of rotatable bonds is 5. The van der Waals surface area contributed by atoms with Crippen LogP contribution in [0.4, 0.5) is 5.69 Å². The number of carbonyl (C=O) groups is 1. The third-order valence-corrected chi connectivity index (χ3v) is 4.56. The van der Waals surface area contributed by atoms with Crippen LogP contribution in [0.5, 0.6) is 0 Å². The summed E-state index contributed by atoms with van der Waals surface area (Å²) in [7, 11) is 0. The number of aryl methyl sites for hydroxylation is 1. The molecule has 1 amide bonds. The van der Waals surface area contributed by atoms with Crippen molar-refractivity contribution in [3.8, 4) is 0 Å². The van der Waals surface area contributed by atoms with E-state index in [0.717, 1.165) is 15.7 Å². The minimum absolute atomic E-state index is 0.0810. The van der Waals surface area contributed by atoms with Crippen molar-refractivity contribution in [3.05, 3.63) is 59.1 Å². The van der Waals surface area contributed by atoms with Crippen molar-refractivity contribution >= 4 is 39.3 Å². The zero-order chi connectivity index (χ0) is 16.2. The Kier molecular flexibility index (Phi) is 4.82. The van der Waals surface area contributed by atoms with E-state index in [1.165, 1.54) is 11.8 Å². The van der Waals surface area contributed by atoms with Crippen molar-refractivity contribution in [1.82, 2.24) is 19.5 Å². The molecule has 0 atom stereocenters. The van der Waals surface area contributed by atoms with E-state index in [1.807, 2.05) is 54.3 Å². The Bertz CT molecular complexity index is 815. The van der Waals surface area contributed by atoms with Crippen molar-refractivity contribution in [2.24, 2.45) is 0 Å². The first kappa shape index (κ1) is 15.8. The molecule has 0 bridgehead atoms. The lowest BCUT2D eigenvalue weighted by molar-refractivity contribution is -0.113. The standard InChI is InChI=1S/C15H14BrN5OS/c1-11-8-12(16)4-5-13(11)18-14(22)9-23-15-19-17-10-21(15)20-6-2-3-7-20/h2-8,10H,9H2,1H3,(H,18,22). The van der Waals surface area contributed by atoms with Crippen molar-refractivity contribution in [2.75, 3.05) is 11.1 Å². The Morgan fingerprint density at radius 1 is 1.35 bits per heavy atom. The van der Waals surface area contributed by atoms with Gasteiger partial charge < -0.3 is 5.32 Å². The highest BCUT2D eigenvalue weighted by molar-refractivity contribution is 9.10. The average Bonchev–Trinajstić information content (AvgIpc) is 3.18. The van der Waals surface area contributed by atoms with Crippen LogP contribution in [0, 0.1) is 6.92 Å². The smallest absolute Gasteiger partial charge is 0.234 e. The molecule has 3 aromatic rings. The number of nitrogens with one attached hydrogen (secondary N) is 1. The highest BCUT2D eigenvalue weighted by Gasteiger charge is 2.10. The van der Waals surface area contributed by atoms with E-state index in [2.05, 4.69) is 31.4 Å². The van der Waals surface area contributed by atoms with Crippen molar-refractivity contribution in [1.29, 1.82) is 0 Å². The number of benzene rings is 1. The molecule has 0 radical (unpaired) electrons. The summed E-state index contributed by atoms with van der Waals surface area (Å²) in [5.74, 6) is 0.178. The maximum atomic E-state index is 12.1. The van der Waals surface area contributed by atoms with Gasteiger partial charge in [0.1, 0.15) is 6.33 Å². The van der Waals surface area contributed by atoms with Crippen LogP contribution in [0.1, 0.15) is 5.56 Å². The molecule has 1 N–H and O–H groups in total. The first-order valence-electron chi connectivity index (χ1n) is 6.86. The normalized spacial score (nSPS) is 10.7. The van der Waals surface area contributed by atoms with E-state index in [0.29, 0.717) is 5.16 Å². The van der Waals surface area contributed by atoms with Gasteiger partial charge in [0.15, 0.2) is 0 Å². The second-order valence-corrected chi connectivity index (χ2v) is 6.68. The monoisotopic (exact) mass is 391 g/mol. The molecule has 1 aromatic carbocycles. The molecule has 0 aliphatic heterocycles. The van der Waals surface area contributed by atoms with Gasteiger partial charge in [-0.15, -0.1) is 10.2 Å². The van der Waals surface area contributed by atoms with Gasteiger partial charge in [-0.05, 0) is 42.8 Å². The molecule has 3 rings (SSSR count). The predicted molar refractivity (Wildman–Crippen MR) is 93.5 cm³/mol. The zero-order valence-corrected chi connectivity index (χ0v) is 14.7. The Hall–Kier alpha value is -2.06. The highest BCUT2D eigenvalue weighted by Crippen LogP contribution is 2.21. The summed E-state index contributed by atoms with van der Waals surface area (Å²) < 4.78 is 4.62. The Labute approximate surface area is 146 Å². The van der Waals surface area contributed by atoms with Gasteiger partial charge in [0, 0.05) is 22.6 Å². The van der Waals surface area contributed by atoms with Crippen molar-refractivity contribution < 1.29 is 4.79 Å². The molecular weight excluding hydrogens is 378 g/mol. The van der Waals surface area contributed by atoms with E-state index in [1.54, 1.807) is 11.0 Å². The lowest BCUT2D eigenvalue weighted by Gasteiger charge is -2.09. The van der Waals surface area contributed by atoms with Gasteiger partial charge in [-0.1, -0.05) is 27.7 Å². The average molecular weight is 392 g/mol. The number of nitrogens with zero attached hydrogens (tertiary/aromatic N) is 4. The second-order valence-electron chi connectivity index (χ2n) is 4.82. The lowest BCUT2D eigenvalue weighted by atomic mass is 10.2. The fourth-order valence-electron chi connectivity index (χ4n) is 2.03. The van der Waals surface area contributed by atoms with Crippen LogP contribution >= 0.6 is 27.7 Å². The van der Waals surface area contributed by atoms with Crippen LogP contribution in [-0.2, 0) is 4.79 Å². The second kappa shape index (κ2) is 7.01. The summed E-state index contributed by atoms with van der Waals surface area (Å²) in [6, 6.07) is 9.57. The minimum Gasteiger partial charge on any atom is -0.325 e.